The van der Waals surface area contributed by atoms with E-state index in [9.17, 15) is 9.90 Å². The van der Waals surface area contributed by atoms with E-state index in [1.165, 1.54) is 0 Å². The van der Waals surface area contributed by atoms with Crippen LogP contribution >= 0.6 is 15.9 Å². The van der Waals surface area contributed by atoms with E-state index in [2.05, 4.69) is 41.7 Å². The summed E-state index contributed by atoms with van der Waals surface area (Å²) in [7, 11) is 1.64. The van der Waals surface area contributed by atoms with Crippen molar-refractivity contribution >= 4 is 21.9 Å². The Morgan fingerprint density at radius 2 is 2.09 bits per heavy atom. The van der Waals surface area contributed by atoms with Crippen molar-refractivity contribution < 1.29 is 14.6 Å². The minimum absolute atomic E-state index is 0.113. The van der Waals surface area contributed by atoms with Crippen molar-refractivity contribution in [3.05, 3.63) is 33.7 Å². The van der Waals surface area contributed by atoms with Gasteiger partial charge in [0.2, 0.25) is 5.82 Å². The number of benzene rings is 1. The molecule has 1 aliphatic heterocycles. The van der Waals surface area contributed by atoms with Crippen molar-refractivity contribution in [2.24, 2.45) is 0 Å². The molecule has 3 rings (SSSR count). The normalized spacial score (nSPS) is 13.4. The van der Waals surface area contributed by atoms with Crippen molar-refractivity contribution in [2.45, 2.75) is 39.2 Å². The summed E-state index contributed by atoms with van der Waals surface area (Å²) in [6.07, 6.45) is 0.756. The highest BCUT2D eigenvalue weighted by Crippen LogP contribution is 2.42. The fourth-order valence-electron chi connectivity index (χ4n) is 3.04. The Kier molecular flexibility index (Phi) is 3.75. The Balaban J connectivity index is 2.33. The summed E-state index contributed by atoms with van der Waals surface area (Å²) >= 11 is 3.53. The highest BCUT2D eigenvalue weighted by atomic mass is 79.9. The molecular formula is C17H19BrN2O3. The molecule has 1 aromatic carbocycles. The molecule has 0 fully saturated rings. The zero-order valence-corrected chi connectivity index (χ0v) is 15.2. The molecule has 2 aromatic rings. The molecule has 2 heterocycles. The van der Waals surface area contributed by atoms with E-state index in [-0.39, 0.29) is 11.2 Å². The number of methoxy groups -OCH3 is 1. The average molecular weight is 379 g/mol. The van der Waals surface area contributed by atoms with E-state index < -0.39 is 5.97 Å². The van der Waals surface area contributed by atoms with Gasteiger partial charge >= 0.3 is 5.97 Å². The van der Waals surface area contributed by atoms with Crippen LogP contribution in [0.3, 0.4) is 0 Å². The van der Waals surface area contributed by atoms with Gasteiger partial charge in [-0.1, -0.05) is 20.8 Å². The van der Waals surface area contributed by atoms with Gasteiger partial charge in [-0.15, -0.1) is 0 Å². The van der Waals surface area contributed by atoms with Crippen LogP contribution in [-0.4, -0.2) is 27.7 Å². The van der Waals surface area contributed by atoms with Gasteiger partial charge in [0.05, 0.1) is 23.0 Å². The van der Waals surface area contributed by atoms with Gasteiger partial charge in [-0.2, -0.15) is 0 Å². The molecule has 0 saturated carbocycles. The quantitative estimate of drug-likeness (QED) is 0.861. The number of hydrogen-bond donors (Lipinski definition) is 1. The molecule has 0 radical (unpaired) electrons. The molecule has 0 bridgehead atoms. The number of carboxylic acids is 1. The number of fused-ring (bicyclic) bond motifs is 3. The molecule has 1 aromatic heterocycles. The lowest BCUT2D eigenvalue weighted by molar-refractivity contribution is 0.0678. The molecule has 122 valence electrons. The fourth-order valence-corrected chi connectivity index (χ4v) is 3.55. The second-order valence-corrected chi connectivity index (χ2v) is 7.59. The van der Waals surface area contributed by atoms with Crippen LogP contribution in [0.4, 0.5) is 0 Å². The third kappa shape index (κ3) is 2.55. The minimum atomic E-state index is -0.988. The van der Waals surface area contributed by atoms with Crippen molar-refractivity contribution in [1.82, 2.24) is 9.55 Å². The molecule has 6 heteroatoms. The Morgan fingerprint density at radius 1 is 1.39 bits per heavy atom. The summed E-state index contributed by atoms with van der Waals surface area (Å²) in [6.45, 7) is 6.76. The lowest BCUT2D eigenvalue weighted by Gasteiger charge is -2.25. The van der Waals surface area contributed by atoms with Gasteiger partial charge in [-0.25, -0.2) is 9.78 Å². The highest BCUT2D eigenvalue weighted by Gasteiger charge is 2.32. The number of halogens is 1. The van der Waals surface area contributed by atoms with Gasteiger partial charge in [0.15, 0.2) is 0 Å². The van der Waals surface area contributed by atoms with Crippen LogP contribution in [0.25, 0.3) is 11.3 Å². The zero-order valence-electron chi connectivity index (χ0n) is 13.6. The molecule has 0 unspecified atom stereocenters. The third-order valence-corrected chi connectivity index (χ3v) is 4.73. The molecule has 1 aliphatic rings. The van der Waals surface area contributed by atoms with Crippen molar-refractivity contribution in [2.75, 3.05) is 7.11 Å². The second kappa shape index (κ2) is 5.37. The van der Waals surface area contributed by atoms with Gasteiger partial charge in [0, 0.05) is 17.5 Å². The number of nitrogens with zero attached hydrogens (tertiary/aromatic N) is 2. The van der Waals surface area contributed by atoms with Crippen LogP contribution in [0, 0.1) is 0 Å². The first-order valence-electron chi connectivity index (χ1n) is 7.45. The summed E-state index contributed by atoms with van der Waals surface area (Å²) < 4.78 is 8.05. The second-order valence-electron chi connectivity index (χ2n) is 6.73. The van der Waals surface area contributed by atoms with Crippen LogP contribution in [0.2, 0.25) is 0 Å². The van der Waals surface area contributed by atoms with Gasteiger partial charge in [-0.05, 0) is 40.0 Å². The van der Waals surface area contributed by atoms with Crippen molar-refractivity contribution in [3.8, 4) is 17.0 Å². The first-order chi connectivity index (χ1) is 10.7. The molecule has 0 saturated heterocycles. The number of carbonyl (C=O) groups is 1. The number of imidazole rings is 1. The van der Waals surface area contributed by atoms with Crippen molar-refractivity contribution in [1.29, 1.82) is 0 Å². The summed E-state index contributed by atoms with van der Waals surface area (Å²) in [6, 6.07) is 4.02. The maximum absolute atomic E-state index is 11.6. The Hall–Kier alpha value is -1.82. The van der Waals surface area contributed by atoms with E-state index in [4.69, 9.17) is 4.74 Å². The van der Waals surface area contributed by atoms with Crippen LogP contribution in [0.5, 0.6) is 5.75 Å². The number of hydrogen-bond acceptors (Lipinski definition) is 3. The Morgan fingerprint density at radius 3 is 2.65 bits per heavy atom. The largest absolute Gasteiger partial charge is 0.496 e. The predicted molar refractivity (Wildman–Crippen MR) is 91.3 cm³/mol. The highest BCUT2D eigenvalue weighted by molar-refractivity contribution is 9.10. The van der Waals surface area contributed by atoms with Crippen LogP contribution in [0.15, 0.2) is 16.6 Å². The van der Waals surface area contributed by atoms with Gasteiger partial charge in [0.25, 0.3) is 0 Å². The van der Waals surface area contributed by atoms with Gasteiger partial charge in [-0.3, -0.25) is 0 Å². The molecule has 1 N–H and O–H groups in total. The van der Waals surface area contributed by atoms with E-state index in [1.807, 2.05) is 16.7 Å². The number of aryl methyl sites for hydroxylation is 1. The maximum atomic E-state index is 11.6. The monoisotopic (exact) mass is 378 g/mol. The van der Waals surface area contributed by atoms with Crippen LogP contribution in [0.1, 0.15) is 42.6 Å². The topological polar surface area (TPSA) is 64.3 Å². The summed E-state index contributed by atoms with van der Waals surface area (Å²) in [4.78, 5) is 16.0. The van der Waals surface area contributed by atoms with E-state index in [1.54, 1.807) is 7.11 Å². The predicted octanol–water partition coefficient (Wildman–Crippen LogP) is 3.87. The molecule has 0 spiro atoms. The molecule has 23 heavy (non-hydrogen) atoms. The Labute approximate surface area is 143 Å². The summed E-state index contributed by atoms with van der Waals surface area (Å²) in [5, 5.41) is 9.49. The average Bonchev–Trinajstić information content (AvgIpc) is 2.86. The van der Waals surface area contributed by atoms with Crippen LogP contribution in [-0.2, 0) is 18.4 Å². The first-order valence-corrected chi connectivity index (χ1v) is 8.24. The van der Waals surface area contributed by atoms with E-state index >= 15 is 0 Å². The van der Waals surface area contributed by atoms with E-state index in [0.29, 0.717) is 6.54 Å². The minimum Gasteiger partial charge on any atom is -0.496 e. The van der Waals surface area contributed by atoms with E-state index in [0.717, 1.165) is 39.2 Å². The van der Waals surface area contributed by atoms with Crippen molar-refractivity contribution in [3.63, 3.8) is 0 Å². The smallest absolute Gasteiger partial charge is 0.372 e. The number of ether oxygens (including phenoxy) is 1. The lowest BCUT2D eigenvalue weighted by Crippen LogP contribution is -2.18. The third-order valence-electron chi connectivity index (χ3n) is 4.11. The van der Waals surface area contributed by atoms with Crippen LogP contribution < -0.4 is 4.74 Å². The molecule has 0 amide bonds. The fraction of sp³-hybridized carbons (Fsp3) is 0.412. The number of aromatic carboxylic acids is 1. The van der Waals surface area contributed by atoms with Gasteiger partial charge in [0.1, 0.15) is 5.75 Å². The lowest BCUT2D eigenvalue weighted by atomic mass is 9.86. The molecule has 0 atom stereocenters. The summed E-state index contributed by atoms with van der Waals surface area (Å²) in [5.41, 5.74) is 3.65. The molecule has 5 nitrogen and oxygen atoms in total. The number of rotatable bonds is 2. The standard InChI is InChI=1S/C17H19BrN2O3/c1-17(2,3)14-13-10-8-11(18)12(23-4)7-9(10)5-6-20(13)15(19-14)16(21)22/h7-8H,5-6H2,1-4H3,(H,21,22). The number of aromatic nitrogens is 2. The van der Waals surface area contributed by atoms with Gasteiger partial charge < -0.3 is 14.4 Å². The first kappa shape index (κ1) is 16.1. The zero-order chi connectivity index (χ0) is 16.9. The Bertz CT molecular complexity index is 803. The SMILES string of the molecule is COc1cc2c(cc1Br)-c1c(C(C)(C)C)nc(C(=O)O)n1CC2. The summed E-state index contributed by atoms with van der Waals surface area (Å²) in [5.74, 6) is -0.0900. The molecular weight excluding hydrogens is 360 g/mol. The maximum Gasteiger partial charge on any atom is 0.372 e. The number of carboxylic acid groups (broad SMARTS) is 1. The molecule has 0 aliphatic carbocycles.